The van der Waals surface area contributed by atoms with Crippen LogP contribution in [0.2, 0.25) is 0 Å². The van der Waals surface area contributed by atoms with E-state index in [9.17, 15) is 0 Å². The van der Waals surface area contributed by atoms with E-state index in [1.165, 1.54) is 50.1 Å². The molecule has 2 aliphatic carbocycles. The molecule has 0 atom stereocenters. The summed E-state index contributed by atoms with van der Waals surface area (Å²) in [6.07, 6.45) is 0. The van der Waals surface area contributed by atoms with Crippen molar-refractivity contribution in [3.05, 3.63) is 222 Å². The van der Waals surface area contributed by atoms with Gasteiger partial charge in [-0.1, -0.05) is 158 Å². The second-order valence-electron chi connectivity index (χ2n) is 14.8. The van der Waals surface area contributed by atoms with Gasteiger partial charge in [0.15, 0.2) is 0 Å². The van der Waals surface area contributed by atoms with E-state index in [0.29, 0.717) is 0 Å². The molecule has 0 aliphatic heterocycles. The number of fused-ring (bicyclic) bond motifs is 15. The van der Waals surface area contributed by atoms with Crippen LogP contribution in [0.15, 0.2) is 205 Å². The molecule has 12 rings (SSSR count). The smallest absolute Gasteiger partial charge is 0.143 e. The Labute approximate surface area is 319 Å². The van der Waals surface area contributed by atoms with Crippen LogP contribution in [0.4, 0.5) is 17.1 Å². The summed E-state index contributed by atoms with van der Waals surface area (Å²) in [5.74, 6) is 0. The molecule has 1 heterocycles. The zero-order valence-corrected chi connectivity index (χ0v) is 29.9. The number of nitrogens with zero attached hydrogens (tertiary/aromatic N) is 1. The first-order chi connectivity index (χ1) is 27.3. The van der Waals surface area contributed by atoms with Gasteiger partial charge in [0.25, 0.3) is 0 Å². The lowest BCUT2D eigenvalue weighted by atomic mass is 9.70. The number of anilines is 3. The van der Waals surface area contributed by atoms with E-state index in [0.717, 1.165) is 55.3 Å². The molecule has 0 unspecified atom stereocenters. The average Bonchev–Trinajstić information content (AvgIpc) is 3.88. The van der Waals surface area contributed by atoms with Crippen molar-refractivity contribution in [2.75, 3.05) is 4.90 Å². The third-order valence-electron chi connectivity index (χ3n) is 12.1. The zero-order valence-electron chi connectivity index (χ0n) is 29.9. The lowest BCUT2D eigenvalue weighted by Gasteiger charge is -2.32. The highest BCUT2D eigenvalue weighted by Crippen LogP contribution is 2.63. The lowest BCUT2D eigenvalue weighted by molar-refractivity contribution is 0.673. The van der Waals surface area contributed by atoms with Crippen molar-refractivity contribution in [2.24, 2.45) is 0 Å². The Morgan fingerprint density at radius 2 is 0.909 bits per heavy atom. The third kappa shape index (κ3) is 4.14. The fourth-order valence-electron chi connectivity index (χ4n) is 9.80. The first-order valence-corrected chi connectivity index (χ1v) is 19.0. The molecule has 10 aromatic rings. The van der Waals surface area contributed by atoms with Crippen LogP contribution < -0.4 is 4.90 Å². The zero-order chi connectivity index (χ0) is 36.1. The fourth-order valence-corrected chi connectivity index (χ4v) is 9.80. The summed E-state index contributed by atoms with van der Waals surface area (Å²) in [6.45, 7) is 0. The van der Waals surface area contributed by atoms with E-state index in [1.807, 2.05) is 0 Å². The molecule has 256 valence electrons. The number of hydrogen-bond acceptors (Lipinski definition) is 2. The Balaban J connectivity index is 1.14. The van der Waals surface area contributed by atoms with Crippen molar-refractivity contribution < 1.29 is 4.42 Å². The maximum atomic E-state index is 6.78. The number of benzene rings is 9. The number of hydrogen-bond donors (Lipinski definition) is 0. The summed E-state index contributed by atoms with van der Waals surface area (Å²) in [4.78, 5) is 2.45. The quantitative estimate of drug-likeness (QED) is 0.182. The van der Waals surface area contributed by atoms with Crippen molar-refractivity contribution in [2.45, 2.75) is 5.41 Å². The van der Waals surface area contributed by atoms with Crippen LogP contribution in [0.5, 0.6) is 0 Å². The molecule has 0 bridgehead atoms. The first-order valence-electron chi connectivity index (χ1n) is 19.0. The molecule has 0 saturated heterocycles. The predicted octanol–water partition coefficient (Wildman–Crippen LogP) is 14.2. The summed E-state index contributed by atoms with van der Waals surface area (Å²) < 4.78 is 6.78. The molecule has 2 heteroatoms. The van der Waals surface area contributed by atoms with Crippen molar-refractivity contribution in [1.82, 2.24) is 0 Å². The predicted molar refractivity (Wildman–Crippen MR) is 228 cm³/mol. The van der Waals surface area contributed by atoms with E-state index in [1.54, 1.807) is 0 Å². The second kappa shape index (κ2) is 11.4. The Morgan fingerprint density at radius 3 is 1.58 bits per heavy atom. The molecular formula is C53H33NO. The Morgan fingerprint density at radius 1 is 0.345 bits per heavy atom. The molecule has 2 nitrogen and oxygen atoms in total. The maximum Gasteiger partial charge on any atom is 0.143 e. The highest BCUT2D eigenvalue weighted by Gasteiger charge is 2.51. The van der Waals surface area contributed by atoms with E-state index in [2.05, 4.69) is 205 Å². The van der Waals surface area contributed by atoms with Gasteiger partial charge >= 0.3 is 0 Å². The van der Waals surface area contributed by atoms with Crippen LogP contribution in [0, 0.1) is 0 Å². The van der Waals surface area contributed by atoms with Gasteiger partial charge in [0.2, 0.25) is 0 Å². The Hall–Kier alpha value is -7.16. The number of furan rings is 1. The lowest BCUT2D eigenvalue weighted by Crippen LogP contribution is -2.26. The minimum Gasteiger partial charge on any atom is -0.455 e. The second-order valence-corrected chi connectivity index (χ2v) is 14.8. The summed E-state index contributed by atoms with van der Waals surface area (Å²) in [5, 5.41) is 4.44. The Kier molecular flexibility index (Phi) is 6.29. The summed E-state index contributed by atoms with van der Waals surface area (Å²) >= 11 is 0. The Bertz CT molecular complexity index is 3090. The van der Waals surface area contributed by atoms with Gasteiger partial charge in [0, 0.05) is 32.9 Å². The first kappa shape index (κ1) is 30.3. The minimum absolute atomic E-state index is 0.430. The molecule has 0 saturated carbocycles. The van der Waals surface area contributed by atoms with Crippen LogP contribution in [0.3, 0.4) is 0 Å². The van der Waals surface area contributed by atoms with Gasteiger partial charge in [-0.05, 0) is 98.1 Å². The summed E-state index contributed by atoms with van der Waals surface area (Å²) in [6, 6.07) is 73.2. The largest absolute Gasteiger partial charge is 0.455 e. The molecule has 1 aromatic heterocycles. The summed E-state index contributed by atoms with van der Waals surface area (Å²) in [7, 11) is 0. The normalized spacial score (nSPS) is 13.2. The van der Waals surface area contributed by atoms with Crippen molar-refractivity contribution in [3.8, 4) is 33.4 Å². The van der Waals surface area contributed by atoms with E-state index in [-0.39, 0.29) is 0 Å². The maximum absolute atomic E-state index is 6.78. The average molecular weight is 700 g/mol. The van der Waals surface area contributed by atoms with E-state index >= 15 is 0 Å². The molecule has 0 fully saturated rings. The van der Waals surface area contributed by atoms with E-state index in [4.69, 9.17) is 4.42 Å². The number of para-hydroxylation sites is 1. The molecule has 1 spiro atoms. The fraction of sp³-hybridized carbons (Fsp3) is 0.0189. The van der Waals surface area contributed by atoms with Crippen molar-refractivity contribution in [3.63, 3.8) is 0 Å². The van der Waals surface area contributed by atoms with Crippen LogP contribution in [-0.2, 0) is 5.41 Å². The molecule has 55 heavy (non-hydrogen) atoms. The topological polar surface area (TPSA) is 16.4 Å². The molecule has 2 aliphatic rings. The molecule has 0 N–H and O–H groups in total. The molecule has 9 aromatic carbocycles. The summed E-state index contributed by atoms with van der Waals surface area (Å²) in [5.41, 5.74) is 17.6. The van der Waals surface area contributed by atoms with E-state index < -0.39 is 5.41 Å². The van der Waals surface area contributed by atoms with Gasteiger partial charge in [-0.15, -0.1) is 0 Å². The SMILES string of the molecule is c1ccc(-c2ccc3c(c2)oc2c4ccccc4c(N(c4ccccc4)c4ccc5c(c4)C4(c6ccccc6-c6ccccc64)c4ccccc4-5)cc32)cc1. The third-order valence-corrected chi connectivity index (χ3v) is 12.1. The monoisotopic (exact) mass is 699 g/mol. The van der Waals surface area contributed by atoms with Gasteiger partial charge in [-0.25, -0.2) is 0 Å². The highest BCUT2D eigenvalue weighted by atomic mass is 16.3. The standard InChI is InChI=1S/C53H33NO/c1-3-15-34(16-4-1)35-27-29-43-45-33-50(42-22-7-8-23-44(42)52(45)55-51(43)31-35)54(36-17-5-2-6-18-36)37-28-30-41-40-21-11-14-26-48(40)53(49(41)32-37)46-24-12-9-19-38(46)39-20-10-13-25-47(39)53/h1-33H. The minimum atomic E-state index is -0.430. The molecule has 0 radical (unpaired) electrons. The van der Waals surface area contributed by atoms with Gasteiger partial charge in [0.1, 0.15) is 11.2 Å². The van der Waals surface area contributed by atoms with Gasteiger partial charge < -0.3 is 9.32 Å². The molecule has 0 amide bonds. The van der Waals surface area contributed by atoms with Crippen LogP contribution in [0.25, 0.3) is 66.1 Å². The highest BCUT2D eigenvalue weighted by molar-refractivity contribution is 6.20. The van der Waals surface area contributed by atoms with Gasteiger partial charge in [0.05, 0.1) is 11.1 Å². The van der Waals surface area contributed by atoms with Gasteiger partial charge in [-0.3, -0.25) is 0 Å². The van der Waals surface area contributed by atoms with Gasteiger partial charge in [-0.2, -0.15) is 0 Å². The van der Waals surface area contributed by atoms with Crippen LogP contribution in [-0.4, -0.2) is 0 Å². The number of rotatable bonds is 4. The van der Waals surface area contributed by atoms with Crippen molar-refractivity contribution in [1.29, 1.82) is 0 Å². The van der Waals surface area contributed by atoms with Crippen LogP contribution >= 0.6 is 0 Å². The van der Waals surface area contributed by atoms with Crippen molar-refractivity contribution >= 4 is 49.8 Å². The van der Waals surface area contributed by atoms with Crippen LogP contribution in [0.1, 0.15) is 22.3 Å². The molecular weight excluding hydrogens is 667 g/mol.